The molecule has 0 bridgehead atoms. The molecule has 0 aliphatic heterocycles. The summed E-state index contributed by atoms with van der Waals surface area (Å²) in [5, 5.41) is 0. The molecule has 82 valence electrons. The van der Waals surface area contributed by atoms with Gasteiger partial charge in [0.1, 0.15) is 5.82 Å². The maximum atomic E-state index is 4.16. The molecule has 1 aromatic carbocycles. The molecule has 1 heterocycles. The SMILES string of the molecule is Cc1ccc(/C=C/c2cnc(C)[nH]2)c(C)c1. The minimum atomic E-state index is 0.945. The third-order valence-electron chi connectivity index (χ3n) is 2.59. The van der Waals surface area contributed by atoms with Crippen LogP contribution in [-0.2, 0) is 0 Å². The molecule has 2 aromatic rings. The quantitative estimate of drug-likeness (QED) is 0.810. The van der Waals surface area contributed by atoms with Crippen molar-refractivity contribution in [3.05, 3.63) is 52.6 Å². The molecule has 0 saturated carbocycles. The Hall–Kier alpha value is -1.83. The van der Waals surface area contributed by atoms with E-state index in [9.17, 15) is 0 Å². The van der Waals surface area contributed by atoms with Crippen LogP contribution in [0.15, 0.2) is 24.4 Å². The van der Waals surface area contributed by atoms with Gasteiger partial charge in [-0.15, -0.1) is 0 Å². The third kappa shape index (κ3) is 2.40. The smallest absolute Gasteiger partial charge is 0.103 e. The van der Waals surface area contributed by atoms with Gasteiger partial charge in [-0.25, -0.2) is 4.98 Å². The molecular weight excluding hydrogens is 196 g/mol. The van der Waals surface area contributed by atoms with E-state index < -0.39 is 0 Å². The summed E-state index contributed by atoms with van der Waals surface area (Å²) in [6.45, 7) is 6.19. The number of hydrogen-bond acceptors (Lipinski definition) is 1. The Morgan fingerprint density at radius 1 is 1.12 bits per heavy atom. The van der Waals surface area contributed by atoms with Gasteiger partial charge in [0, 0.05) is 0 Å². The number of imidazole rings is 1. The van der Waals surface area contributed by atoms with E-state index in [-0.39, 0.29) is 0 Å². The van der Waals surface area contributed by atoms with E-state index >= 15 is 0 Å². The highest BCUT2D eigenvalue weighted by Gasteiger charge is 1.95. The third-order valence-corrected chi connectivity index (χ3v) is 2.59. The first-order chi connectivity index (χ1) is 7.65. The number of rotatable bonds is 2. The van der Waals surface area contributed by atoms with Crippen LogP contribution in [0.4, 0.5) is 0 Å². The summed E-state index contributed by atoms with van der Waals surface area (Å²) < 4.78 is 0. The maximum Gasteiger partial charge on any atom is 0.103 e. The van der Waals surface area contributed by atoms with Crippen LogP contribution >= 0.6 is 0 Å². The highest BCUT2D eigenvalue weighted by Crippen LogP contribution is 2.13. The summed E-state index contributed by atoms with van der Waals surface area (Å²) in [5.41, 5.74) is 4.88. The Morgan fingerprint density at radius 2 is 1.94 bits per heavy atom. The Morgan fingerprint density at radius 3 is 2.56 bits per heavy atom. The molecule has 0 aliphatic rings. The molecule has 2 heteroatoms. The van der Waals surface area contributed by atoms with E-state index in [2.05, 4.69) is 54.2 Å². The van der Waals surface area contributed by atoms with Crippen molar-refractivity contribution in [2.75, 3.05) is 0 Å². The van der Waals surface area contributed by atoms with Crippen molar-refractivity contribution >= 4 is 12.2 Å². The Balaban J connectivity index is 2.23. The Labute approximate surface area is 96.1 Å². The van der Waals surface area contributed by atoms with Crippen molar-refractivity contribution in [2.24, 2.45) is 0 Å². The second-order valence-electron chi connectivity index (χ2n) is 4.12. The minimum absolute atomic E-state index is 0.945. The number of nitrogens with zero attached hydrogens (tertiary/aromatic N) is 1. The number of benzene rings is 1. The Kier molecular flexibility index (Phi) is 2.91. The lowest BCUT2D eigenvalue weighted by molar-refractivity contribution is 1.15. The number of aromatic amines is 1. The zero-order chi connectivity index (χ0) is 11.5. The van der Waals surface area contributed by atoms with Gasteiger partial charge in [0.25, 0.3) is 0 Å². The molecule has 0 radical (unpaired) electrons. The molecule has 16 heavy (non-hydrogen) atoms. The average molecular weight is 212 g/mol. The van der Waals surface area contributed by atoms with Crippen molar-refractivity contribution in [1.29, 1.82) is 0 Å². The number of hydrogen-bond donors (Lipinski definition) is 1. The molecule has 2 nitrogen and oxygen atoms in total. The van der Waals surface area contributed by atoms with Crippen LogP contribution < -0.4 is 0 Å². The largest absolute Gasteiger partial charge is 0.343 e. The first-order valence-corrected chi connectivity index (χ1v) is 5.42. The van der Waals surface area contributed by atoms with Crippen molar-refractivity contribution in [1.82, 2.24) is 9.97 Å². The van der Waals surface area contributed by atoms with Crippen LogP contribution in [0.5, 0.6) is 0 Å². The van der Waals surface area contributed by atoms with E-state index in [1.54, 1.807) is 0 Å². The minimum Gasteiger partial charge on any atom is -0.343 e. The van der Waals surface area contributed by atoms with Crippen LogP contribution in [0.25, 0.3) is 12.2 Å². The van der Waals surface area contributed by atoms with E-state index in [1.807, 2.05) is 13.1 Å². The molecule has 0 fully saturated rings. The summed E-state index contributed by atoms with van der Waals surface area (Å²) in [4.78, 5) is 7.34. The summed E-state index contributed by atoms with van der Waals surface area (Å²) >= 11 is 0. The highest BCUT2D eigenvalue weighted by molar-refractivity contribution is 5.69. The predicted molar refractivity (Wildman–Crippen MR) is 68.2 cm³/mol. The fourth-order valence-electron chi connectivity index (χ4n) is 1.72. The molecule has 0 atom stereocenters. The zero-order valence-corrected chi connectivity index (χ0v) is 9.91. The average Bonchev–Trinajstić information content (AvgIpc) is 2.63. The van der Waals surface area contributed by atoms with Crippen molar-refractivity contribution in [3.63, 3.8) is 0 Å². The lowest BCUT2D eigenvalue weighted by Crippen LogP contribution is -1.82. The fraction of sp³-hybridized carbons (Fsp3) is 0.214. The predicted octanol–water partition coefficient (Wildman–Crippen LogP) is 3.51. The first-order valence-electron chi connectivity index (χ1n) is 5.42. The van der Waals surface area contributed by atoms with Crippen molar-refractivity contribution in [3.8, 4) is 0 Å². The van der Waals surface area contributed by atoms with Crippen LogP contribution in [0.2, 0.25) is 0 Å². The van der Waals surface area contributed by atoms with E-state index in [1.165, 1.54) is 16.7 Å². The lowest BCUT2D eigenvalue weighted by Gasteiger charge is -2.00. The summed E-state index contributed by atoms with van der Waals surface area (Å²) in [6.07, 6.45) is 6.01. The van der Waals surface area contributed by atoms with Crippen molar-refractivity contribution < 1.29 is 0 Å². The number of H-pyrrole nitrogens is 1. The van der Waals surface area contributed by atoms with Gasteiger partial charge in [0.2, 0.25) is 0 Å². The lowest BCUT2D eigenvalue weighted by atomic mass is 10.1. The molecule has 1 N–H and O–H groups in total. The first kappa shape index (κ1) is 10.7. The van der Waals surface area contributed by atoms with Gasteiger partial charge in [-0.1, -0.05) is 29.8 Å². The zero-order valence-electron chi connectivity index (χ0n) is 9.91. The van der Waals surface area contributed by atoms with Crippen LogP contribution in [0.1, 0.15) is 28.2 Å². The van der Waals surface area contributed by atoms with Crippen LogP contribution in [-0.4, -0.2) is 9.97 Å². The second kappa shape index (κ2) is 4.35. The molecule has 0 spiro atoms. The second-order valence-corrected chi connectivity index (χ2v) is 4.12. The van der Waals surface area contributed by atoms with Gasteiger partial charge >= 0.3 is 0 Å². The summed E-state index contributed by atoms with van der Waals surface area (Å²) in [7, 11) is 0. The van der Waals surface area contributed by atoms with Gasteiger partial charge in [-0.3, -0.25) is 0 Å². The van der Waals surface area contributed by atoms with Gasteiger partial charge in [-0.2, -0.15) is 0 Å². The van der Waals surface area contributed by atoms with E-state index in [0.717, 1.165) is 11.5 Å². The molecule has 0 aliphatic carbocycles. The molecule has 2 rings (SSSR count). The molecule has 0 saturated heterocycles. The normalized spacial score (nSPS) is 11.2. The van der Waals surface area contributed by atoms with E-state index in [0.29, 0.717) is 0 Å². The van der Waals surface area contributed by atoms with Gasteiger partial charge in [-0.05, 0) is 38.0 Å². The summed E-state index contributed by atoms with van der Waals surface area (Å²) in [6, 6.07) is 6.47. The topological polar surface area (TPSA) is 28.7 Å². The monoisotopic (exact) mass is 212 g/mol. The number of aromatic nitrogens is 2. The van der Waals surface area contributed by atoms with Crippen LogP contribution in [0.3, 0.4) is 0 Å². The molecular formula is C14H16N2. The standard InChI is InChI=1S/C14H16N2/c1-10-4-5-13(11(2)8-10)6-7-14-9-15-12(3)16-14/h4-9H,1-3H3,(H,15,16)/b7-6+. The number of aryl methyl sites for hydroxylation is 3. The summed E-state index contributed by atoms with van der Waals surface area (Å²) in [5.74, 6) is 0.945. The van der Waals surface area contributed by atoms with Crippen LogP contribution in [0, 0.1) is 20.8 Å². The highest BCUT2D eigenvalue weighted by atomic mass is 14.9. The molecule has 0 amide bonds. The molecule has 1 aromatic heterocycles. The Bertz CT molecular complexity index is 521. The maximum absolute atomic E-state index is 4.16. The fourth-order valence-corrected chi connectivity index (χ4v) is 1.72. The van der Waals surface area contributed by atoms with Gasteiger partial charge in [0.15, 0.2) is 0 Å². The molecule has 0 unspecified atom stereocenters. The number of nitrogens with one attached hydrogen (secondary N) is 1. The van der Waals surface area contributed by atoms with E-state index in [4.69, 9.17) is 0 Å². The van der Waals surface area contributed by atoms with Gasteiger partial charge in [0.05, 0.1) is 11.9 Å². The van der Waals surface area contributed by atoms with Crippen molar-refractivity contribution in [2.45, 2.75) is 20.8 Å². The van der Waals surface area contributed by atoms with Gasteiger partial charge < -0.3 is 4.98 Å².